The molecule has 0 unspecified atom stereocenters. The molecule has 6 nitrogen and oxygen atoms in total. The number of hydrogen-bond donors (Lipinski definition) is 1. The lowest BCUT2D eigenvalue weighted by atomic mass is 10.1. The number of carbonyl (C=O) groups excluding carboxylic acids is 1. The zero-order valence-electron chi connectivity index (χ0n) is 12.1. The van der Waals surface area contributed by atoms with Crippen LogP contribution in [0.2, 0.25) is 0 Å². The minimum Gasteiger partial charge on any atom is -0.465 e. The van der Waals surface area contributed by atoms with Crippen LogP contribution in [-0.2, 0) is 11.2 Å². The molecule has 22 heavy (non-hydrogen) atoms. The van der Waals surface area contributed by atoms with E-state index in [1.165, 1.54) is 25.3 Å². The molecule has 6 heteroatoms. The van der Waals surface area contributed by atoms with Crippen molar-refractivity contribution in [2.45, 2.75) is 6.42 Å². The van der Waals surface area contributed by atoms with E-state index in [2.05, 4.69) is 10.1 Å². The topological polar surface area (TPSA) is 81.5 Å². The summed E-state index contributed by atoms with van der Waals surface area (Å²) >= 11 is 0. The van der Waals surface area contributed by atoms with Gasteiger partial charge in [-0.2, -0.15) is 0 Å². The highest BCUT2D eigenvalue weighted by Crippen LogP contribution is 2.25. The molecule has 0 bridgehead atoms. The number of nitrogens with one attached hydrogen (secondary N) is 1. The first-order valence-electron chi connectivity index (χ1n) is 6.76. The SMILES string of the molecule is COC(=O)c1ccc(NCCc2ccccc2)c([N+](=O)[O-])c1. The number of esters is 1. The summed E-state index contributed by atoms with van der Waals surface area (Å²) in [4.78, 5) is 22.0. The van der Waals surface area contributed by atoms with Crippen molar-refractivity contribution in [2.24, 2.45) is 0 Å². The Morgan fingerprint density at radius 3 is 2.59 bits per heavy atom. The van der Waals surface area contributed by atoms with Gasteiger partial charge in [-0.3, -0.25) is 10.1 Å². The lowest BCUT2D eigenvalue weighted by Gasteiger charge is -2.08. The Morgan fingerprint density at radius 2 is 1.95 bits per heavy atom. The normalized spacial score (nSPS) is 10.0. The van der Waals surface area contributed by atoms with Crippen molar-refractivity contribution in [1.82, 2.24) is 0 Å². The molecule has 0 aliphatic rings. The van der Waals surface area contributed by atoms with Gasteiger partial charge >= 0.3 is 5.97 Å². The Kier molecular flexibility index (Phi) is 5.08. The molecule has 114 valence electrons. The van der Waals surface area contributed by atoms with Gasteiger partial charge in [-0.25, -0.2) is 4.79 Å². The molecule has 0 spiro atoms. The Bertz CT molecular complexity index is 671. The minimum absolute atomic E-state index is 0.143. The second-order valence-corrected chi connectivity index (χ2v) is 4.64. The third-order valence-electron chi connectivity index (χ3n) is 3.19. The maximum atomic E-state index is 11.4. The summed E-state index contributed by atoms with van der Waals surface area (Å²) in [6.07, 6.45) is 0.747. The van der Waals surface area contributed by atoms with Crippen molar-refractivity contribution in [1.29, 1.82) is 0 Å². The Labute approximate surface area is 127 Å². The first-order chi connectivity index (χ1) is 10.6. The van der Waals surface area contributed by atoms with Crippen molar-refractivity contribution >= 4 is 17.3 Å². The largest absolute Gasteiger partial charge is 0.465 e. The van der Waals surface area contributed by atoms with Crippen LogP contribution in [0.25, 0.3) is 0 Å². The second-order valence-electron chi connectivity index (χ2n) is 4.64. The highest BCUT2D eigenvalue weighted by atomic mass is 16.6. The first-order valence-corrected chi connectivity index (χ1v) is 6.76. The van der Waals surface area contributed by atoms with Gasteiger partial charge in [0.15, 0.2) is 0 Å². The molecule has 0 amide bonds. The smallest absolute Gasteiger partial charge is 0.338 e. The number of rotatable bonds is 6. The maximum Gasteiger partial charge on any atom is 0.338 e. The van der Waals surface area contributed by atoms with E-state index in [0.717, 1.165) is 12.0 Å². The van der Waals surface area contributed by atoms with Gasteiger partial charge < -0.3 is 10.1 Å². The third kappa shape index (κ3) is 3.82. The van der Waals surface area contributed by atoms with E-state index in [0.29, 0.717) is 12.2 Å². The van der Waals surface area contributed by atoms with Crippen LogP contribution in [0.15, 0.2) is 48.5 Å². The van der Waals surface area contributed by atoms with Crippen LogP contribution in [0.5, 0.6) is 0 Å². The molecule has 0 heterocycles. The second kappa shape index (κ2) is 7.21. The molecule has 2 aromatic rings. The highest BCUT2D eigenvalue weighted by Gasteiger charge is 2.17. The van der Waals surface area contributed by atoms with Crippen molar-refractivity contribution in [3.05, 3.63) is 69.8 Å². The summed E-state index contributed by atoms with van der Waals surface area (Å²) < 4.78 is 4.57. The zero-order chi connectivity index (χ0) is 15.9. The van der Waals surface area contributed by atoms with Crippen LogP contribution < -0.4 is 5.32 Å². The molecular formula is C16H16N2O4. The van der Waals surface area contributed by atoms with Crippen LogP contribution in [0, 0.1) is 10.1 Å². The summed E-state index contributed by atoms with van der Waals surface area (Å²) in [5.74, 6) is -0.598. The van der Waals surface area contributed by atoms with Gasteiger partial charge in [0, 0.05) is 12.6 Å². The van der Waals surface area contributed by atoms with Gasteiger partial charge in [0.2, 0.25) is 0 Å². The van der Waals surface area contributed by atoms with Crippen LogP contribution in [-0.4, -0.2) is 24.5 Å². The zero-order valence-corrected chi connectivity index (χ0v) is 12.1. The van der Waals surface area contributed by atoms with E-state index in [1.807, 2.05) is 30.3 Å². The predicted molar refractivity (Wildman–Crippen MR) is 83.1 cm³/mol. The predicted octanol–water partition coefficient (Wildman–Crippen LogP) is 3.04. The van der Waals surface area contributed by atoms with Gasteiger partial charge in [0.05, 0.1) is 17.6 Å². The van der Waals surface area contributed by atoms with E-state index in [1.54, 1.807) is 0 Å². The lowest BCUT2D eigenvalue weighted by Crippen LogP contribution is -2.08. The molecular weight excluding hydrogens is 284 g/mol. The lowest BCUT2D eigenvalue weighted by molar-refractivity contribution is -0.384. The number of carbonyl (C=O) groups is 1. The fraction of sp³-hybridized carbons (Fsp3) is 0.188. The fourth-order valence-corrected chi connectivity index (χ4v) is 2.06. The minimum atomic E-state index is -0.598. The number of nitrogens with zero attached hydrogens (tertiary/aromatic N) is 1. The van der Waals surface area contributed by atoms with Gasteiger partial charge in [0.25, 0.3) is 5.69 Å². The number of methoxy groups -OCH3 is 1. The molecule has 0 aromatic heterocycles. The van der Waals surface area contributed by atoms with Gasteiger partial charge in [-0.05, 0) is 24.1 Å². The average molecular weight is 300 g/mol. The third-order valence-corrected chi connectivity index (χ3v) is 3.19. The molecule has 0 atom stereocenters. The summed E-state index contributed by atoms with van der Waals surface area (Å²) in [5.41, 5.74) is 1.54. The number of nitro benzene ring substituents is 1. The van der Waals surface area contributed by atoms with Crippen LogP contribution >= 0.6 is 0 Å². The van der Waals surface area contributed by atoms with E-state index >= 15 is 0 Å². The van der Waals surface area contributed by atoms with Gasteiger partial charge in [0.1, 0.15) is 5.69 Å². The van der Waals surface area contributed by atoms with E-state index in [-0.39, 0.29) is 11.3 Å². The van der Waals surface area contributed by atoms with E-state index in [9.17, 15) is 14.9 Å². The number of hydrogen-bond acceptors (Lipinski definition) is 5. The van der Waals surface area contributed by atoms with E-state index in [4.69, 9.17) is 0 Å². The summed E-state index contributed by atoms with van der Waals surface area (Å²) in [6, 6.07) is 14.1. The number of nitro groups is 1. The molecule has 1 N–H and O–H groups in total. The molecule has 0 radical (unpaired) electrons. The number of ether oxygens (including phenoxy) is 1. The van der Waals surface area contributed by atoms with Crippen LogP contribution in [0.3, 0.4) is 0 Å². The van der Waals surface area contributed by atoms with Gasteiger partial charge in [-0.15, -0.1) is 0 Å². The van der Waals surface area contributed by atoms with Crippen molar-refractivity contribution < 1.29 is 14.5 Å². The monoisotopic (exact) mass is 300 g/mol. The molecule has 0 saturated carbocycles. The fourth-order valence-electron chi connectivity index (χ4n) is 2.06. The van der Waals surface area contributed by atoms with Gasteiger partial charge in [-0.1, -0.05) is 30.3 Å². The molecule has 2 rings (SSSR count). The average Bonchev–Trinajstić information content (AvgIpc) is 2.55. The van der Waals surface area contributed by atoms with Crippen molar-refractivity contribution in [2.75, 3.05) is 19.0 Å². The number of benzene rings is 2. The molecule has 2 aromatic carbocycles. The Morgan fingerprint density at radius 1 is 1.23 bits per heavy atom. The summed E-state index contributed by atoms with van der Waals surface area (Å²) in [6.45, 7) is 0.558. The highest BCUT2D eigenvalue weighted by molar-refractivity contribution is 5.91. The van der Waals surface area contributed by atoms with E-state index < -0.39 is 10.9 Å². The summed E-state index contributed by atoms with van der Waals surface area (Å²) in [5, 5.41) is 14.2. The van der Waals surface area contributed by atoms with Crippen LogP contribution in [0.4, 0.5) is 11.4 Å². The molecule has 0 saturated heterocycles. The van der Waals surface area contributed by atoms with Crippen molar-refractivity contribution in [3.63, 3.8) is 0 Å². The number of anilines is 1. The molecule has 0 aliphatic heterocycles. The molecule has 0 aliphatic carbocycles. The molecule has 0 fully saturated rings. The quantitative estimate of drug-likeness (QED) is 0.504. The van der Waals surface area contributed by atoms with Crippen molar-refractivity contribution in [3.8, 4) is 0 Å². The standard InChI is InChI=1S/C16H16N2O4/c1-22-16(19)13-7-8-14(15(11-13)18(20)21)17-10-9-12-5-3-2-4-6-12/h2-8,11,17H,9-10H2,1H3. The Balaban J connectivity index is 2.09. The summed E-state index contributed by atoms with van der Waals surface area (Å²) in [7, 11) is 1.24. The van der Waals surface area contributed by atoms with Crippen LogP contribution in [0.1, 0.15) is 15.9 Å². The first kappa shape index (κ1) is 15.5. The Hall–Kier alpha value is -2.89. The maximum absolute atomic E-state index is 11.4.